The molecule has 2 rings (SSSR count). The normalized spacial score (nSPS) is 16.2. The summed E-state index contributed by atoms with van der Waals surface area (Å²) in [5.74, 6) is 0. The molecule has 84 valence electrons. The van der Waals surface area contributed by atoms with E-state index in [1.54, 1.807) is 12.3 Å². The summed E-state index contributed by atoms with van der Waals surface area (Å²) in [6.45, 7) is 3.06. The van der Waals surface area contributed by atoms with Crippen molar-refractivity contribution >= 4 is 23.3 Å². The molecule has 0 bridgehead atoms. The number of fused-ring (bicyclic) bond motifs is 1. The Bertz CT molecular complexity index is 507. The fourth-order valence-electron chi connectivity index (χ4n) is 1.57. The lowest BCUT2D eigenvalue weighted by Crippen LogP contribution is -2.12. The van der Waals surface area contributed by atoms with Crippen LogP contribution in [0.15, 0.2) is 27.2 Å². The summed E-state index contributed by atoms with van der Waals surface area (Å²) in [4.78, 5) is 26.0. The molecule has 5 nitrogen and oxygen atoms in total. The van der Waals surface area contributed by atoms with Crippen LogP contribution >= 0.6 is 11.8 Å². The zero-order valence-corrected chi connectivity index (χ0v) is 9.49. The number of nitrogens with zero attached hydrogens (tertiary/aromatic N) is 2. The molecule has 0 amide bonds. The maximum atomic E-state index is 11.6. The minimum Gasteiger partial charge on any atom is -0.342 e. The topological polar surface area (TPSA) is 60.7 Å². The SMILES string of the molecule is CCn1ccc(=O)c2c1SC(=NOC=O)C2. The molecule has 0 unspecified atom stereocenters. The maximum absolute atomic E-state index is 11.6. The Balaban J connectivity index is 2.39. The highest BCUT2D eigenvalue weighted by atomic mass is 32.2. The van der Waals surface area contributed by atoms with Crippen molar-refractivity contribution in [2.24, 2.45) is 5.16 Å². The van der Waals surface area contributed by atoms with Gasteiger partial charge in [0.1, 0.15) is 5.04 Å². The van der Waals surface area contributed by atoms with Crippen molar-refractivity contribution in [1.82, 2.24) is 4.57 Å². The van der Waals surface area contributed by atoms with Gasteiger partial charge in [-0.3, -0.25) is 9.59 Å². The van der Waals surface area contributed by atoms with E-state index in [4.69, 9.17) is 0 Å². The van der Waals surface area contributed by atoms with Crippen LogP contribution in [0.3, 0.4) is 0 Å². The van der Waals surface area contributed by atoms with Crippen molar-refractivity contribution in [2.75, 3.05) is 0 Å². The van der Waals surface area contributed by atoms with Crippen LogP contribution in [0.2, 0.25) is 0 Å². The van der Waals surface area contributed by atoms with Crippen LogP contribution in [0.4, 0.5) is 0 Å². The van der Waals surface area contributed by atoms with Gasteiger partial charge in [-0.25, -0.2) is 0 Å². The second kappa shape index (κ2) is 4.52. The van der Waals surface area contributed by atoms with Crippen LogP contribution in [0.5, 0.6) is 0 Å². The van der Waals surface area contributed by atoms with Gasteiger partial charge < -0.3 is 9.40 Å². The van der Waals surface area contributed by atoms with E-state index >= 15 is 0 Å². The molecule has 1 aromatic heterocycles. The van der Waals surface area contributed by atoms with Gasteiger partial charge >= 0.3 is 6.47 Å². The van der Waals surface area contributed by atoms with Gasteiger partial charge in [-0.05, 0) is 6.92 Å². The average molecular weight is 238 g/mol. The van der Waals surface area contributed by atoms with Crippen LogP contribution in [0, 0.1) is 0 Å². The number of aromatic nitrogens is 1. The zero-order valence-electron chi connectivity index (χ0n) is 8.67. The molecule has 2 heterocycles. The van der Waals surface area contributed by atoms with Gasteiger partial charge in [-0.2, -0.15) is 0 Å². The summed E-state index contributed by atoms with van der Waals surface area (Å²) >= 11 is 1.37. The molecule has 16 heavy (non-hydrogen) atoms. The Hall–Kier alpha value is -1.56. The molecule has 6 heteroatoms. The smallest absolute Gasteiger partial charge is 0.323 e. The largest absolute Gasteiger partial charge is 0.342 e. The molecule has 0 spiro atoms. The molecule has 0 atom stereocenters. The summed E-state index contributed by atoms with van der Waals surface area (Å²) in [6, 6.07) is 1.55. The summed E-state index contributed by atoms with van der Waals surface area (Å²) < 4.78 is 1.98. The van der Waals surface area contributed by atoms with Crippen molar-refractivity contribution in [2.45, 2.75) is 24.9 Å². The molecule has 0 aliphatic carbocycles. The van der Waals surface area contributed by atoms with Crippen molar-refractivity contribution in [3.63, 3.8) is 0 Å². The van der Waals surface area contributed by atoms with Crippen molar-refractivity contribution < 1.29 is 9.63 Å². The first-order valence-corrected chi connectivity index (χ1v) is 5.64. The lowest BCUT2D eigenvalue weighted by Gasteiger charge is -2.07. The first-order chi connectivity index (χ1) is 7.76. The van der Waals surface area contributed by atoms with E-state index in [0.29, 0.717) is 11.5 Å². The van der Waals surface area contributed by atoms with Crippen molar-refractivity contribution in [3.05, 3.63) is 28.0 Å². The molecule has 0 saturated heterocycles. The van der Waals surface area contributed by atoms with Gasteiger partial charge in [0.25, 0.3) is 0 Å². The van der Waals surface area contributed by atoms with E-state index in [2.05, 4.69) is 9.99 Å². The van der Waals surface area contributed by atoms with Crippen LogP contribution < -0.4 is 5.43 Å². The monoisotopic (exact) mass is 238 g/mol. The zero-order chi connectivity index (χ0) is 11.5. The third-order valence-electron chi connectivity index (χ3n) is 2.30. The average Bonchev–Trinajstić information content (AvgIpc) is 2.72. The van der Waals surface area contributed by atoms with Crippen molar-refractivity contribution in [1.29, 1.82) is 0 Å². The Morgan fingerprint density at radius 3 is 3.19 bits per heavy atom. The van der Waals surface area contributed by atoms with E-state index in [1.165, 1.54) is 11.8 Å². The summed E-state index contributed by atoms with van der Waals surface area (Å²) in [5, 5.41) is 5.16. The third-order valence-corrected chi connectivity index (χ3v) is 3.43. The number of oxime groups is 1. The number of carbonyl (C=O) groups excluding carboxylic acids is 1. The molecule has 0 N–H and O–H groups in total. The number of carbonyl (C=O) groups is 1. The number of rotatable bonds is 3. The molecule has 0 aromatic carbocycles. The lowest BCUT2D eigenvalue weighted by molar-refractivity contribution is -0.128. The predicted octanol–water partition coefficient (Wildman–Crippen LogP) is 1.00. The Morgan fingerprint density at radius 2 is 2.50 bits per heavy atom. The fraction of sp³-hybridized carbons (Fsp3) is 0.300. The second-order valence-corrected chi connectivity index (χ2v) is 4.28. The molecule has 0 radical (unpaired) electrons. The third kappa shape index (κ3) is 1.88. The van der Waals surface area contributed by atoms with Crippen LogP contribution in [0.1, 0.15) is 12.5 Å². The molecule has 1 aliphatic rings. The highest BCUT2D eigenvalue weighted by molar-refractivity contribution is 8.14. The Labute approximate surface area is 96.1 Å². The lowest BCUT2D eigenvalue weighted by atomic mass is 10.2. The van der Waals surface area contributed by atoms with E-state index in [1.807, 2.05) is 11.5 Å². The standard InChI is InChI=1S/C10H10N2O3S/c1-2-12-4-3-8(14)7-5-9(11-15-6-13)16-10(7)12/h3-4,6H,2,5H2,1H3. The number of pyridine rings is 1. The van der Waals surface area contributed by atoms with E-state index in [0.717, 1.165) is 17.1 Å². The molecule has 1 aromatic rings. The first-order valence-electron chi connectivity index (χ1n) is 4.82. The molecule has 0 saturated carbocycles. The molecule has 0 fully saturated rings. The van der Waals surface area contributed by atoms with Gasteiger partial charge in [0, 0.05) is 30.8 Å². The highest BCUT2D eigenvalue weighted by Gasteiger charge is 2.23. The fourth-order valence-corrected chi connectivity index (χ4v) is 2.69. The van der Waals surface area contributed by atoms with Gasteiger partial charge in [-0.1, -0.05) is 16.9 Å². The summed E-state index contributed by atoms with van der Waals surface area (Å²) in [6.07, 6.45) is 2.20. The molecular formula is C10H10N2O3S. The minimum atomic E-state index is 0.00324. The highest BCUT2D eigenvalue weighted by Crippen LogP contribution is 2.31. The van der Waals surface area contributed by atoms with Gasteiger partial charge in [-0.15, -0.1) is 0 Å². The Kier molecular flexibility index (Phi) is 3.09. The molecular weight excluding hydrogens is 228 g/mol. The first kappa shape index (κ1) is 10.9. The quantitative estimate of drug-likeness (QED) is 0.448. The number of hydrogen-bond acceptors (Lipinski definition) is 5. The Morgan fingerprint density at radius 1 is 1.69 bits per heavy atom. The van der Waals surface area contributed by atoms with E-state index in [9.17, 15) is 9.59 Å². The van der Waals surface area contributed by atoms with Gasteiger partial charge in [0.2, 0.25) is 0 Å². The molecule has 1 aliphatic heterocycles. The predicted molar refractivity (Wildman–Crippen MR) is 60.5 cm³/mol. The van der Waals surface area contributed by atoms with Gasteiger partial charge in [0.15, 0.2) is 5.43 Å². The van der Waals surface area contributed by atoms with Crippen LogP contribution in [-0.4, -0.2) is 16.1 Å². The number of thioether (sulfide) groups is 1. The van der Waals surface area contributed by atoms with Crippen molar-refractivity contribution in [3.8, 4) is 0 Å². The summed E-state index contributed by atoms with van der Waals surface area (Å²) in [5.41, 5.74) is 0.728. The van der Waals surface area contributed by atoms with E-state index in [-0.39, 0.29) is 11.9 Å². The van der Waals surface area contributed by atoms with Gasteiger partial charge in [0.05, 0.1) is 5.03 Å². The maximum Gasteiger partial charge on any atom is 0.323 e. The number of hydrogen-bond donors (Lipinski definition) is 0. The number of aryl methyl sites for hydroxylation is 1. The second-order valence-electron chi connectivity index (χ2n) is 3.22. The minimum absolute atomic E-state index is 0.00324. The van der Waals surface area contributed by atoms with E-state index < -0.39 is 0 Å². The summed E-state index contributed by atoms with van der Waals surface area (Å²) in [7, 11) is 0. The van der Waals surface area contributed by atoms with Crippen LogP contribution in [-0.2, 0) is 22.6 Å². The van der Waals surface area contributed by atoms with Crippen LogP contribution in [0.25, 0.3) is 0 Å².